The number of oxime groups is 1. The third kappa shape index (κ3) is 1.98. The minimum Gasteiger partial charge on any atom is -0.508 e. The van der Waals surface area contributed by atoms with E-state index in [2.05, 4.69) is 5.16 Å². The smallest absolute Gasteiger partial charge is 0.161 e. The van der Waals surface area contributed by atoms with Gasteiger partial charge in [0.15, 0.2) is 11.5 Å². The fraction of sp³-hybridized carbons (Fsp3) is 0.125. The van der Waals surface area contributed by atoms with Gasteiger partial charge >= 0.3 is 0 Å². The molecule has 0 fully saturated rings. The van der Waals surface area contributed by atoms with Crippen molar-refractivity contribution in [1.82, 2.24) is 0 Å². The monoisotopic (exact) mass is 198 g/mol. The van der Waals surface area contributed by atoms with Crippen LogP contribution in [0.5, 0.6) is 17.2 Å². The van der Waals surface area contributed by atoms with Crippen molar-refractivity contribution < 1.29 is 20.5 Å². The molecule has 6 heteroatoms. The van der Waals surface area contributed by atoms with Crippen molar-refractivity contribution in [3.8, 4) is 17.2 Å². The first-order valence-corrected chi connectivity index (χ1v) is 3.74. The zero-order valence-corrected chi connectivity index (χ0v) is 7.18. The third-order valence-corrected chi connectivity index (χ3v) is 1.68. The van der Waals surface area contributed by atoms with Gasteiger partial charge in [0, 0.05) is 18.1 Å². The van der Waals surface area contributed by atoms with Gasteiger partial charge in [0.25, 0.3) is 0 Å². The average Bonchev–Trinajstić information content (AvgIpc) is 2.14. The summed E-state index contributed by atoms with van der Waals surface area (Å²) >= 11 is 0. The van der Waals surface area contributed by atoms with Gasteiger partial charge in [-0.15, -0.1) is 0 Å². The molecule has 0 radical (unpaired) electrons. The Labute approximate surface area is 79.5 Å². The molecule has 14 heavy (non-hydrogen) atoms. The Balaban J connectivity index is 3.04. The van der Waals surface area contributed by atoms with Crippen molar-refractivity contribution in [2.45, 2.75) is 6.42 Å². The molecule has 0 atom stereocenters. The van der Waals surface area contributed by atoms with Gasteiger partial charge < -0.3 is 26.3 Å². The van der Waals surface area contributed by atoms with Crippen LogP contribution in [0.3, 0.4) is 0 Å². The number of benzene rings is 1. The lowest BCUT2D eigenvalue weighted by Gasteiger charge is -2.05. The van der Waals surface area contributed by atoms with Crippen molar-refractivity contribution in [2.24, 2.45) is 10.9 Å². The van der Waals surface area contributed by atoms with E-state index in [0.717, 1.165) is 12.1 Å². The lowest BCUT2D eigenvalue weighted by atomic mass is 10.1. The van der Waals surface area contributed by atoms with E-state index in [1.807, 2.05) is 0 Å². The molecule has 0 heterocycles. The Bertz CT molecular complexity index is 376. The predicted molar refractivity (Wildman–Crippen MR) is 48.5 cm³/mol. The summed E-state index contributed by atoms with van der Waals surface area (Å²) in [6.07, 6.45) is -0.0177. The molecule has 0 aliphatic heterocycles. The molecule has 0 aliphatic carbocycles. The van der Waals surface area contributed by atoms with Gasteiger partial charge in [0.05, 0.1) is 0 Å². The lowest BCUT2D eigenvalue weighted by molar-refractivity contribution is 0.317. The standard InChI is InChI=1S/C8H10N2O4/c9-8(10-14)2-4-1-6(12)7(13)3-5(4)11/h1,3,11-14H,2H2,(H2,9,10). The van der Waals surface area contributed by atoms with E-state index in [1.165, 1.54) is 0 Å². The predicted octanol–water partition coefficient (Wildman–Crippen LogP) is 0.0923. The van der Waals surface area contributed by atoms with Crippen LogP contribution in [0.4, 0.5) is 0 Å². The third-order valence-electron chi connectivity index (χ3n) is 1.68. The van der Waals surface area contributed by atoms with Crippen LogP contribution >= 0.6 is 0 Å². The Kier molecular flexibility index (Phi) is 2.66. The molecule has 1 aromatic rings. The van der Waals surface area contributed by atoms with Gasteiger partial charge in [0.1, 0.15) is 11.6 Å². The Morgan fingerprint density at radius 1 is 1.14 bits per heavy atom. The molecule has 0 bridgehead atoms. The summed E-state index contributed by atoms with van der Waals surface area (Å²) < 4.78 is 0. The van der Waals surface area contributed by atoms with Crippen molar-refractivity contribution in [1.29, 1.82) is 0 Å². The number of rotatable bonds is 2. The summed E-state index contributed by atoms with van der Waals surface area (Å²) in [6.45, 7) is 0. The quantitative estimate of drug-likeness (QED) is 0.115. The van der Waals surface area contributed by atoms with Crippen LogP contribution in [-0.2, 0) is 6.42 Å². The van der Waals surface area contributed by atoms with Crippen molar-refractivity contribution in [3.05, 3.63) is 17.7 Å². The Morgan fingerprint density at radius 2 is 1.71 bits per heavy atom. The fourth-order valence-electron chi connectivity index (χ4n) is 0.981. The molecule has 0 saturated carbocycles. The SMILES string of the molecule is NC(Cc1cc(O)c(O)cc1O)=NO. The second kappa shape index (κ2) is 3.73. The molecule has 0 aromatic heterocycles. The van der Waals surface area contributed by atoms with Crippen LogP contribution in [-0.4, -0.2) is 26.4 Å². The van der Waals surface area contributed by atoms with Crippen LogP contribution in [0.25, 0.3) is 0 Å². The first-order chi connectivity index (χ1) is 6.54. The second-order valence-electron chi connectivity index (χ2n) is 2.74. The molecule has 0 unspecified atom stereocenters. The number of hydrogen-bond donors (Lipinski definition) is 5. The zero-order chi connectivity index (χ0) is 10.7. The molecular weight excluding hydrogens is 188 g/mol. The van der Waals surface area contributed by atoms with Gasteiger partial charge in [-0.3, -0.25) is 0 Å². The fourth-order valence-corrected chi connectivity index (χ4v) is 0.981. The van der Waals surface area contributed by atoms with E-state index < -0.39 is 5.75 Å². The maximum atomic E-state index is 9.30. The summed E-state index contributed by atoms with van der Waals surface area (Å²) in [6, 6.07) is 2.12. The number of nitrogens with two attached hydrogens (primary N) is 1. The van der Waals surface area contributed by atoms with E-state index in [4.69, 9.17) is 21.2 Å². The van der Waals surface area contributed by atoms with E-state index in [0.29, 0.717) is 0 Å². The van der Waals surface area contributed by atoms with Crippen LogP contribution in [0.15, 0.2) is 17.3 Å². The van der Waals surface area contributed by atoms with E-state index in [9.17, 15) is 5.11 Å². The highest BCUT2D eigenvalue weighted by Gasteiger charge is 2.09. The number of amidine groups is 1. The minimum absolute atomic E-state index is 0.0177. The van der Waals surface area contributed by atoms with Crippen LogP contribution < -0.4 is 5.73 Å². The number of phenolic OH excluding ortho intramolecular Hbond substituents is 3. The van der Waals surface area contributed by atoms with Gasteiger partial charge in [0.2, 0.25) is 0 Å². The van der Waals surface area contributed by atoms with Gasteiger partial charge in [-0.2, -0.15) is 0 Å². The number of hydrogen-bond acceptors (Lipinski definition) is 5. The normalized spacial score (nSPS) is 11.6. The molecule has 1 aromatic carbocycles. The molecule has 0 amide bonds. The first-order valence-electron chi connectivity index (χ1n) is 3.74. The summed E-state index contributed by atoms with van der Waals surface area (Å²) in [7, 11) is 0. The molecule has 76 valence electrons. The Morgan fingerprint density at radius 3 is 2.29 bits per heavy atom. The van der Waals surface area contributed by atoms with Crippen molar-refractivity contribution in [3.63, 3.8) is 0 Å². The van der Waals surface area contributed by atoms with E-state index in [1.54, 1.807) is 0 Å². The maximum Gasteiger partial charge on any atom is 0.161 e. The first kappa shape index (κ1) is 9.97. The zero-order valence-electron chi connectivity index (χ0n) is 7.18. The highest BCUT2D eigenvalue weighted by molar-refractivity contribution is 5.82. The maximum absolute atomic E-state index is 9.30. The highest BCUT2D eigenvalue weighted by Crippen LogP contribution is 2.32. The number of aromatic hydroxyl groups is 3. The highest BCUT2D eigenvalue weighted by atomic mass is 16.4. The largest absolute Gasteiger partial charge is 0.508 e. The van der Waals surface area contributed by atoms with Crippen LogP contribution in [0.1, 0.15) is 5.56 Å². The summed E-state index contributed by atoms with van der Waals surface area (Å²) in [5, 5.41) is 38.4. The summed E-state index contributed by atoms with van der Waals surface area (Å²) in [5.41, 5.74) is 5.47. The molecule has 6 N–H and O–H groups in total. The number of nitrogens with zero attached hydrogens (tertiary/aromatic N) is 1. The Hall–Kier alpha value is -2.11. The minimum atomic E-state index is -0.425. The lowest BCUT2D eigenvalue weighted by Crippen LogP contribution is -2.14. The summed E-state index contributed by atoms with van der Waals surface area (Å²) in [4.78, 5) is 0. The molecule has 1 rings (SSSR count). The molecule has 0 aliphatic rings. The molecule has 6 nitrogen and oxygen atoms in total. The average molecular weight is 198 g/mol. The van der Waals surface area contributed by atoms with Crippen molar-refractivity contribution >= 4 is 5.84 Å². The molecule has 0 saturated heterocycles. The van der Waals surface area contributed by atoms with Gasteiger partial charge in [-0.1, -0.05) is 5.16 Å². The molecule has 0 spiro atoms. The summed E-state index contributed by atoms with van der Waals surface area (Å²) in [5.74, 6) is -1.13. The van der Waals surface area contributed by atoms with Gasteiger partial charge in [-0.05, 0) is 6.07 Å². The molecular formula is C8H10N2O4. The second-order valence-corrected chi connectivity index (χ2v) is 2.74. The number of phenols is 3. The van der Waals surface area contributed by atoms with Crippen LogP contribution in [0.2, 0.25) is 0 Å². The van der Waals surface area contributed by atoms with Gasteiger partial charge in [-0.25, -0.2) is 0 Å². The van der Waals surface area contributed by atoms with Crippen molar-refractivity contribution in [2.75, 3.05) is 0 Å². The van der Waals surface area contributed by atoms with Crippen LogP contribution in [0, 0.1) is 0 Å². The topological polar surface area (TPSA) is 119 Å². The van der Waals surface area contributed by atoms with E-state index in [-0.39, 0.29) is 29.3 Å². The van der Waals surface area contributed by atoms with E-state index >= 15 is 0 Å².